The van der Waals surface area contributed by atoms with Crippen LogP contribution in [-0.4, -0.2) is 23.2 Å². The van der Waals surface area contributed by atoms with Gasteiger partial charge in [0, 0.05) is 0 Å². The quantitative estimate of drug-likeness (QED) is 0.885. The molecular formula is C11H8FNO4. The third-order valence-corrected chi connectivity index (χ3v) is 2.19. The number of hydrogen-bond donors (Lipinski definition) is 1. The third kappa shape index (κ3) is 1.84. The minimum absolute atomic E-state index is 0.0510. The Morgan fingerprint density at radius 3 is 2.94 bits per heavy atom. The molecule has 0 aliphatic rings. The normalized spacial score (nSPS) is 10.2. The number of halogens is 1. The van der Waals surface area contributed by atoms with Crippen molar-refractivity contribution in [3.8, 4) is 17.1 Å². The van der Waals surface area contributed by atoms with Gasteiger partial charge in [0.1, 0.15) is 11.6 Å². The average molecular weight is 237 g/mol. The molecule has 0 fully saturated rings. The molecule has 1 aromatic heterocycles. The average Bonchev–Trinajstić information content (AvgIpc) is 2.77. The van der Waals surface area contributed by atoms with E-state index in [2.05, 4.69) is 4.98 Å². The van der Waals surface area contributed by atoms with Gasteiger partial charge in [-0.3, -0.25) is 0 Å². The van der Waals surface area contributed by atoms with E-state index >= 15 is 0 Å². The van der Waals surface area contributed by atoms with Crippen molar-refractivity contribution in [2.45, 2.75) is 0 Å². The first kappa shape index (κ1) is 11.1. The van der Waals surface area contributed by atoms with E-state index in [1.54, 1.807) is 0 Å². The molecule has 0 atom stereocenters. The number of benzene rings is 1. The van der Waals surface area contributed by atoms with E-state index in [0.29, 0.717) is 0 Å². The molecule has 88 valence electrons. The first-order valence-corrected chi connectivity index (χ1v) is 4.64. The zero-order valence-electron chi connectivity index (χ0n) is 8.81. The molecule has 0 saturated heterocycles. The molecule has 1 aromatic carbocycles. The van der Waals surface area contributed by atoms with Crippen LogP contribution in [0.2, 0.25) is 0 Å². The number of rotatable bonds is 3. The zero-order valence-corrected chi connectivity index (χ0v) is 8.81. The highest BCUT2D eigenvalue weighted by molar-refractivity contribution is 5.93. The third-order valence-electron chi connectivity index (χ3n) is 2.19. The van der Waals surface area contributed by atoms with Crippen LogP contribution in [0.3, 0.4) is 0 Å². The highest BCUT2D eigenvalue weighted by Crippen LogP contribution is 2.34. The number of carboxylic acids is 1. The Balaban J connectivity index is 2.68. The van der Waals surface area contributed by atoms with Crippen LogP contribution in [0, 0.1) is 5.82 Å². The summed E-state index contributed by atoms with van der Waals surface area (Å²) in [5.74, 6) is -1.90. The van der Waals surface area contributed by atoms with Crippen LogP contribution in [0.1, 0.15) is 10.5 Å². The summed E-state index contributed by atoms with van der Waals surface area (Å²) < 4.78 is 23.6. The molecule has 0 aliphatic heterocycles. The van der Waals surface area contributed by atoms with Gasteiger partial charge in [-0.2, -0.15) is 0 Å². The molecule has 17 heavy (non-hydrogen) atoms. The van der Waals surface area contributed by atoms with Crippen molar-refractivity contribution in [3.63, 3.8) is 0 Å². The van der Waals surface area contributed by atoms with Gasteiger partial charge in [0.15, 0.2) is 17.8 Å². The minimum Gasteiger partial charge on any atom is -0.496 e. The van der Waals surface area contributed by atoms with Gasteiger partial charge in [-0.25, -0.2) is 14.2 Å². The van der Waals surface area contributed by atoms with E-state index in [4.69, 9.17) is 14.3 Å². The van der Waals surface area contributed by atoms with Crippen LogP contribution in [0.25, 0.3) is 11.3 Å². The molecule has 0 amide bonds. The van der Waals surface area contributed by atoms with Crippen LogP contribution in [0.4, 0.5) is 4.39 Å². The summed E-state index contributed by atoms with van der Waals surface area (Å²) in [5, 5.41) is 8.88. The van der Waals surface area contributed by atoms with Gasteiger partial charge in [-0.05, 0) is 12.1 Å². The number of aromatic carboxylic acids is 1. The van der Waals surface area contributed by atoms with Crippen LogP contribution in [0.5, 0.6) is 5.75 Å². The molecule has 0 aliphatic carbocycles. The number of carbonyl (C=O) groups is 1. The molecular weight excluding hydrogens is 229 g/mol. The lowest BCUT2D eigenvalue weighted by atomic mass is 10.1. The summed E-state index contributed by atoms with van der Waals surface area (Å²) in [5.41, 5.74) is -0.404. The number of ether oxygens (including phenoxy) is 1. The molecule has 5 nitrogen and oxygen atoms in total. The first-order valence-electron chi connectivity index (χ1n) is 4.64. The lowest BCUT2D eigenvalue weighted by Crippen LogP contribution is -2.00. The molecule has 0 unspecified atom stereocenters. The summed E-state index contributed by atoms with van der Waals surface area (Å²) in [6.07, 6.45) is 0.949. The summed E-state index contributed by atoms with van der Waals surface area (Å²) in [6.45, 7) is 0. The van der Waals surface area contributed by atoms with Gasteiger partial charge in [0.2, 0.25) is 0 Å². The fourth-order valence-corrected chi connectivity index (χ4v) is 1.47. The van der Waals surface area contributed by atoms with Gasteiger partial charge >= 0.3 is 5.97 Å². The van der Waals surface area contributed by atoms with E-state index < -0.39 is 11.8 Å². The summed E-state index contributed by atoms with van der Waals surface area (Å²) in [7, 11) is 1.36. The van der Waals surface area contributed by atoms with Crippen LogP contribution >= 0.6 is 0 Å². The summed E-state index contributed by atoms with van der Waals surface area (Å²) in [4.78, 5) is 14.4. The van der Waals surface area contributed by atoms with Gasteiger partial charge < -0.3 is 14.3 Å². The van der Waals surface area contributed by atoms with E-state index in [0.717, 1.165) is 6.39 Å². The maximum absolute atomic E-state index is 13.7. The number of hydrogen-bond acceptors (Lipinski definition) is 4. The molecule has 2 aromatic rings. The number of methoxy groups -OCH3 is 1. The van der Waals surface area contributed by atoms with Crippen molar-refractivity contribution in [1.29, 1.82) is 0 Å². The number of carboxylic acid groups (broad SMARTS) is 1. The minimum atomic E-state index is -1.29. The smallest absolute Gasteiger partial charge is 0.358 e. The van der Waals surface area contributed by atoms with Crippen LogP contribution < -0.4 is 4.74 Å². The second kappa shape index (κ2) is 4.25. The highest BCUT2D eigenvalue weighted by Gasteiger charge is 2.23. The lowest BCUT2D eigenvalue weighted by Gasteiger charge is -2.07. The molecule has 0 saturated carbocycles. The first-order chi connectivity index (χ1) is 8.15. The van der Waals surface area contributed by atoms with Crippen LogP contribution in [0.15, 0.2) is 29.0 Å². The van der Waals surface area contributed by atoms with Crippen molar-refractivity contribution in [2.24, 2.45) is 0 Å². The molecule has 0 radical (unpaired) electrons. The van der Waals surface area contributed by atoms with Crippen molar-refractivity contribution < 1.29 is 23.4 Å². The van der Waals surface area contributed by atoms with E-state index in [1.165, 1.54) is 25.3 Å². The Hall–Kier alpha value is -2.37. The van der Waals surface area contributed by atoms with Gasteiger partial charge in [0.25, 0.3) is 0 Å². The Kier molecular flexibility index (Phi) is 2.78. The van der Waals surface area contributed by atoms with Gasteiger partial charge in [-0.15, -0.1) is 0 Å². The van der Waals surface area contributed by atoms with E-state index in [-0.39, 0.29) is 22.8 Å². The largest absolute Gasteiger partial charge is 0.496 e. The monoisotopic (exact) mass is 237 g/mol. The second-order valence-corrected chi connectivity index (χ2v) is 3.15. The number of nitrogens with zero attached hydrogens (tertiary/aromatic N) is 1. The predicted octanol–water partition coefficient (Wildman–Crippen LogP) is 2.19. The van der Waals surface area contributed by atoms with E-state index in [9.17, 15) is 9.18 Å². The fourth-order valence-electron chi connectivity index (χ4n) is 1.47. The fraction of sp³-hybridized carbons (Fsp3) is 0.0909. The summed E-state index contributed by atoms with van der Waals surface area (Å²) in [6, 6.07) is 4.15. The van der Waals surface area contributed by atoms with Crippen molar-refractivity contribution in [3.05, 3.63) is 36.1 Å². The lowest BCUT2D eigenvalue weighted by molar-refractivity contribution is 0.0691. The van der Waals surface area contributed by atoms with Gasteiger partial charge in [-0.1, -0.05) is 6.07 Å². The number of oxazole rings is 1. The SMILES string of the molecule is COc1cccc(F)c1-c1ocnc1C(=O)O. The molecule has 0 bridgehead atoms. The second-order valence-electron chi connectivity index (χ2n) is 3.15. The molecule has 0 spiro atoms. The summed E-state index contributed by atoms with van der Waals surface area (Å²) >= 11 is 0. The molecule has 6 heteroatoms. The number of aromatic nitrogens is 1. The Labute approximate surface area is 95.5 Å². The maximum atomic E-state index is 13.7. The standard InChI is InChI=1S/C11H8FNO4/c1-16-7-4-2-3-6(12)8(7)10-9(11(14)15)13-5-17-10/h2-5H,1H3,(H,14,15). The van der Waals surface area contributed by atoms with Crippen LogP contribution in [-0.2, 0) is 0 Å². The van der Waals surface area contributed by atoms with Crippen molar-refractivity contribution in [2.75, 3.05) is 7.11 Å². The Bertz CT molecular complexity index is 564. The zero-order chi connectivity index (χ0) is 12.4. The Morgan fingerprint density at radius 1 is 1.53 bits per heavy atom. The molecule has 2 rings (SSSR count). The highest BCUT2D eigenvalue weighted by atomic mass is 19.1. The molecule has 1 N–H and O–H groups in total. The topological polar surface area (TPSA) is 72.6 Å². The Morgan fingerprint density at radius 2 is 2.29 bits per heavy atom. The molecule has 1 heterocycles. The maximum Gasteiger partial charge on any atom is 0.358 e. The van der Waals surface area contributed by atoms with Crippen molar-refractivity contribution in [1.82, 2.24) is 4.98 Å². The van der Waals surface area contributed by atoms with E-state index in [1.807, 2.05) is 0 Å². The van der Waals surface area contributed by atoms with Crippen molar-refractivity contribution >= 4 is 5.97 Å². The van der Waals surface area contributed by atoms with Gasteiger partial charge in [0.05, 0.1) is 12.7 Å². The predicted molar refractivity (Wildman–Crippen MR) is 55.4 cm³/mol.